The van der Waals surface area contributed by atoms with Crippen molar-refractivity contribution in [1.29, 1.82) is 0 Å². The number of carbonyl (C=O) groups is 5. The van der Waals surface area contributed by atoms with E-state index >= 15 is 0 Å². The van der Waals surface area contributed by atoms with Crippen LogP contribution in [0.3, 0.4) is 0 Å². The van der Waals surface area contributed by atoms with Crippen molar-refractivity contribution in [2.45, 2.75) is 62.7 Å². The monoisotopic (exact) mass is 583 g/mol. The fourth-order valence-electron chi connectivity index (χ4n) is 4.44. The van der Waals surface area contributed by atoms with Crippen LogP contribution in [-0.4, -0.2) is 80.4 Å². The first-order valence-electron chi connectivity index (χ1n) is 13.5. The molecule has 0 radical (unpaired) electrons. The molecule has 3 rings (SSSR count). The molecule has 1 aromatic carbocycles. The van der Waals surface area contributed by atoms with E-state index in [2.05, 4.69) is 30.9 Å². The molecule has 0 saturated carbocycles. The van der Waals surface area contributed by atoms with Gasteiger partial charge in [-0.2, -0.15) is 0 Å². The predicted octanol–water partition coefficient (Wildman–Crippen LogP) is -1.45. The number of nitrogens with zero attached hydrogens (tertiary/aromatic N) is 1. The maximum Gasteiger partial charge on any atom is 0.326 e. The molecule has 0 bridgehead atoms. The van der Waals surface area contributed by atoms with Crippen LogP contribution in [0, 0.1) is 0 Å². The quantitative estimate of drug-likeness (QED) is 0.0840. The second-order valence-electron chi connectivity index (χ2n) is 9.93. The third-order valence-electron chi connectivity index (χ3n) is 6.66. The standard InChI is InChI=1S/C27H37N9O6/c28-8-4-3-7-20(27(41)42)34-25(39)21(9-15-12-32-19-6-2-1-5-17(15)19)36-26(40)22(10-16-13-31-14-33-16)35-24(38)18(29)11-23(30)37/h1-2,5-6,12-14,18,20-22,32H,3-4,7-11,28-29H2,(H2,30,37)(H,31,33)(H,34,39)(H,35,38)(H,36,40)(H,41,42). The Morgan fingerprint density at radius 3 is 2.21 bits per heavy atom. The average Bonchev–Trinajstić information content (AvgIpc) is 3.61. The van der Waals surface area contributed by atoms with Crippen LogP contribution in [0.2, 0.25) is 0 Å². The molecular weight excluding hydrogens is 546 g/mol. The molecule has 0 saturated heterocycles. The van der Waals surface area contributed by atoms with Gasteiger partial charge in [-0.3, -0.25) is 19.2 Å². The number of amides is 4. The number of aromatic amines is 2. The second-order valence-corrected chi connectivity index (χ2v) is 9.93. The highest BCUT2D eigenvalue weighted by Gasteiger charge is 2.31. The number of para-hydroxylation sites is 1. The summed E-state index contributed by atoms with van der Waals surface area (Å²) in [4.78, 5) is 72.7. The molecule has 15 nitrogen and oxygen atoms in total. The van der Waals surface area contributed by atoms with Crippen LogP contribution in [0.5, 0.6) is 0 Å². The molecule has 226 valence electrons. The van der Waals surface area contributed by atoms with Crippen molar-refractivity contribution in [1.82, 2.24) is 30.9 Å². The summed E-state index contributed by atoms with van der Waals surface area (Å²) in [5.74, 6) is -4.26. The number of rotatable bonds is 17. The Hall–Kier alpha value is -4.76. The summed E-state index contributed by atoms with van der Waals surface area (Å²) in [6, 6.07) is 2.45. The SMILES string of the molecule is NCCCCC(NC(=O)C(Cc1c[nH]c2ccccc12)NC(=O)C(Cc1cnc[nH]1)NC(=O)C(N)CC(N)=O)C(=O)O. The highest BCUT2D eigenvalue weighted by molar-refractivity contribution is 5.95. The fraction of sp³-hybridized carbons (Fsp3) is 0.407. The summed E-state index contributed by atoms with van der Waals surface area (Å²) in [7, 11) is 0. The van der Waals surface area contributed by atoms with Gasteiger partial charge in [0.1, 0.15) is 18.1 Å². The van der Waals surface area contributed by atoms with E-state index in [9.17, 15) is 29.1 Å². The minimum absolute atomic E-state index is 0.0165. The number of carboxylic acid groups (broad SMARTS) is 1. The first-order valence-corrected chi connectivity index (χ1v) is 13.5. The normalized spacial score (nSPS) is 14.0. The van der Waals surface area contributed by atoms with Crippen molar-refractivity contribution < 1.29 is 29.1 Å². The molecule has 42 heavy (non-hydrogen) atoms. The lowest BCUT2D eigenvalue weighted by Crippen LogP contribution is -2.58. The van der Waals surface area contributed by atoms with Crippen LogP contribution >= 0.6 is 0 Å². The van der Waals surface area contributed by atoms with Crippen LogP contribution in [0.4, 0.5) is 0 Å². The van der Waals surface area contributed by atoms with Crippen LogP contribution in [-0.2, 0) is 36.8 Å². The van der Waals surface area contributed by atoms with E-state index in [-0.39, 0.29) is 19.3 Å². The van der Waals surface area contributed by atoms with Gasteiger partial charge in [0.2, 0.25) is 23.6 Å². The molecule has 3 aromatic rings. The van der Waals surface area contributed by atoms with Crippen molar-refractivity contribution >= 4 is 40.5 Å². The molecule has 0 aliphatic heterocycles. The van der Waals surface area contributed by atoms with Gasteiger partial charge in [-0.25, -0.2) is 9.78 Å². The number of nitrogens with one attached hydrogen (secondary N) is 5. The zero-order valence-corrected chi connectivity index (χ0v) is 23.0. The maximum atomic E-state index is 13.6. The lowest BCUT2D eigenvalue weighted by Gasteiger charge is -2.25. The lowest BCUT2D eigenvalue weighted by atomic mass is 10.0. The van der Waals surface area contributed by atoms with Crippen LogP contribution in [0.25, 0.3) is 10.9 Å². The fourth-order valence-corrected chi connectivity index (χ4v) is 4.44. The Morgan fingerprint density at radius 1 is 0.905 bits per heavy atom. The maximum absolute atomic E-state index is 13.6. The molecule has 2 aromatic heterocycles. The van der Waals surface area contributed by atoms with Crippen LogP contribution in [0.15, 0.2) is 43.0 Å². The summed E-state index contributed by atoms with van der Waals surface area (Å²) in [6.07, 6.45) is 5.33. The minimum Gasteiger partial charge on any atom is -0.480 e. The number of hydrogen-bond acceptors (Lipinski definition) is 8. The zero-order valence-electron chi connectivity index (χ0n) is 23.0. The van der Waals surface area contributed by atoms with Gasteiger partial charge in [-0.15, -0.1) is 0 Å². The summed E-state index contributed by atoms with van der Waals surface area (Å²) in [5.41, 5.74) is 18.5. The number of primary amides is 1. The van der Waals surface area contributed by atoms with E-state index in [0.717, 1.165) is 10.9 Å². The van der Waals surface area contributed by atoms with Gasteiger partial charge in [0.05, 0.1) is 18.8 Å². The van der Waals surface area contributed by atoms with Crippen molar-refractivity contribution in [3.05, 3.63) is 54.2 Å². The Labute approximate surface area is 241 Å². The molecule has 12 N–H and O–H groups in total. The molecule has 4 atom stereocenters. The van der Waals surface area contributed by atoms with E-state index in [0.29, 0.717) is 30.6 Å². The third kappa shape index (κ3) is 9.14. The Bertz CT molecular complexity index is 1370. The smallest absolute Gasteiger partial charge is 0.326 e. The summed E-state index contributed by atoms with van der Waals surface area (Å²) < 4.78 is 0. The number of H-pyrrole nitrogens is 2. The van der Waals surface area contributed by atoms with E-state index in [1.807, 2.05) is 24.3 Å². The number of aromatic nitrogens is 3. The number of imidazole rings is 1. The average molecular weight is 584 g/mol. The van der Waals surface area contributed by atoms with Crippen molar-refractivity contribution in [3.63, 3.8) is 0 Å². The first-order chi connectivity index (χ1) is 20.1. The van der Waals surface area contributed by atoms with E-state index in [1.165, 1.54) is 12.5 Å². The molecule has 0 spiro atoms. The molecule has 0 fully saturated rings. The largest absolute Gasteiger partial charge is 0.480 e. The second kappa shape index (κ2) is 15.3. The first kappa shape index (κ1) is 31.8. The molecule has 4 amide bonds. The number of aliphatic carboxylic acids is 1. The molecular formula is C27H37N9O6. The topological polar surface area (TPSA) is 264 Å². The van der Waals surface area contributed by atoms with E-state index in [4.69, 9.17) is 17.2 Å². The number of nitrogens with two attached hydrogens (primary N) is 3. The lowest BCUT2D eigenvalue weighted by molar-refractivity contribution is -0.142. The molecule has 2 heterocycles. The van der Waals surface area contributed by atoms with Gasteiger partial charge in [0, 0.05) is 41.8 Å². The molecule has 15 heteroatoms. The minimum atomic E-state index is -1.30. The third-order valence-corrected chi connectivity index (χ3v) is 6.66. The van der Waals surface area contributed by atoms with Crippen molar-refractivity contribution in [3.8, 4) is 0 Å². The predicted molar refractivity (Wildman–Crippen MR) is 152 cm³/mol. The van der Waals surface area contributed by atoms with Gasteiger partial charge < -0.3 is 48.2 Å². The molecule has 0 aliphatic rings. The Morgan fingerprint density at radius 2 is 1.57 bits per heavy atom. The van der Waals surface area contributed by atoms with Crippen LogP contribution in [0.1, 0.15) is 36.9 Å². The summed E-state index contributed by atoms with van der Waals surface area (Å²) in [5, 5.41) is 18.2. The number of carboxylic acids is 1. The highest BCUT2D eigenvalue weighted by atomic mass is 16.4. The number of fused-ring (bicyclic) bond motifs is 1. The van der Waals surface area contributed by atoms with Crippen LogP contribution < -0.4 is 33.2 Å². The molecule has 0 aliphatic carbocycles. The number of carbonyl (C=O) groups excluding carboxylic acids is 4. The van der Waals surface area contributed by atoms with Crippen molar-refractivity contribution in [2.24, 2.45) is 17.2 Å². The summed E-state index contributed by atoms with van der Waals surface area (Å²) in [6.45, 7) is 0.381. The Balaban J connectivity index is 1.86. The van der Waals surface area contributed by atoms with E-state index in [1.54, 1.807) is 6.20 Å². The van der Waals surface area contributed by atoms with Gasteiger partial charge in [-0.1, -0.05) is 18.2 Å². The Kier molecular flexibility index (Phi) is 11.6. The molecule has 4 unspecified atom stereocenters. The van der Waals surface area contributed by atoms with Gasteiger partial charge in [-0.05, 0) is 37.4 Å². The number of unbranched alkanes of at least 4 members (excludes halogenated alkanes) is 1. The van der Waals surface area contributed by atoms with Crippen molar-refractivity contribution in [2.75, 3.05) is 6.54 Å². The van der Waals surface area contributed by atoms with Gasteiger partial charge >= 0.3 is 5.97 Å². The van der Waals surface area contributed by atoms with E-state index < -0.39 is 60.2 Å². The zero-order chi connectivity index (χ0) is 30.6. The number of benzene rings is 1. The number of hydrogen-bond donors (Lipinski definition) is 9. The summed E-state index contributed by atoms with van der Waals surface area (Å²) >= 11 is 0. The highest BCUT2D eigenvalue weighted by Crippen LogP contribution is 2.19. The van der Waals surface area contributed by atoms with Gasteiger partial charge in [0.15, 0.2) is 0 Å². The van der Waals surface area contributed by atoms with Gasteiger partial charge in [0.25, 0.3) is 0 Å².